The number of nitrogens with zero attached hydrogens (tertiary/aromatic N) is 3. The first-order valence-electron chi connectivity index (χ1n) is 7.39. The van der Waals surface area contributed by atoms with Crippen LogP contribution in [0.3, 0.4) is 0 Å². The lowest BCUT2D eigenvalue weighted by molar-refractivity contribution is 0.173. The number of urea groups is 2. The van der Waals surface area contributed by atoms with E-state index < -0.39 is 12.1 Å². The molecule has 0 unspecified atom stereocenters. The van der Waals surface area contributed by atoms with Crippen molar-refractivity contribution in [2.75, 3.05) is 6.54 Å². The van der Waals surface area contributed by atoms with Gasteiger partial charge in [-0.25, -0.2) is 30.9 Å². The van der Waals surface area contributed by atoms with Crippen LogP contribution >= 0.6 is 0 Å². The third-order valence-electron chi connectivity index (χ3n) is 3.10. The van der Waals surface area contributed by atoms with Gasteiger partial charge in [0.2, 0.25) is 0 Å². The third kappa shape index (κ3) is 4.80. The standard InChI is InChI=1S/C15H20N6O2/c1-3-7-13(12-8-5-4-6-9-12)17-18-14(22)20-21-10-11(2)16-19-15(21)23/h4-6,8-9H,3,7,10H2,1-2H3,(H,19,23)(H2,18,20,22)/b17-13+. The van der Waals surface area contributed by atoms with E-state index >= 15 is 0 Å². The summed E-state index contributed by atoms with van der Waals surface area (Å²) in [5.74, 6) is 0. The number of hydrazone groups is 2. The highest BCUT2D eigenvalue weighted by Crippen LogP contribution is 2.06. The zero-order valence-electron chi connectivity index (χ0n) is 13.2. The molecule has 1 aliphatic heterocycles. The number of hydrogen-bond donors (Lipinski definition) is 3. The molecule has 8 nitrogen and oxygen atoms in total. The quantitative estimate of drug-likeness (QED) is 0.570. The van der Waals surface area contributed by atoms with Crippen LogP contribution in [-0.4, -0.2) is 35.0 Å². The molecule has 1 heterocycles. The van der Waals surface area contributed by atoms with E-state index in [9.17, 15) is 9.59 Å². The molecule has 0 aliphatic carbocycles. The minimum absolute atomic E-state index is 0.226. The van der Waals surface area contributed by atoms with E-state index in [4.69, 9.17) is 0 Å². The van der Waals surface area contributed by atoms with E-state index in [0.717, 1.165) is 29.1 Å². The van der Waals surface area contributed by atoms with Crippen molar-refractivity contribution in [2.45, 2.75) is 26.7 Å². The molecule has 1 aliphatic rings. The first kappa shape index (κ1) is 16.5. The molecule has 0 bridgehead atoms. The molecule has 0 aromatic heterocycles. The Morgan fingerprint density at radius 3 is 2.83 bits per heavy atom. The molecule has 0 saturated heterocycles. The predicted octanol–water partition coefficient (Wildman–Crippen LogP) is 1.81. The van der Waals surface area contributed by atoms with Crippen LogP contribution in [0.4, 0.5) is 9.59 Å². The molecule has 8 heteroatoms. The van der Waals surface area contributed by atoms with Gasteiger partial charge >= 0.3 is 12.1 Å². The summed E-state index contributed by atoms with van der Waals surface area (Å²) in [7, 11) is 0. The molecular formula is C15H20N6O2. The minimum Gasteiger partial charge on any atom is -0.245 e. The van der Waals surface area contributed by atoms with Gasteiger partial charge in [-0.2, -0.15) is 10.2 Å². The lowest BCUT2D eigenvalue weighted by atomic mass is 10.1. The van der Waals surface area contributed by atoms with Gasteiger partial charge in [0, 0.05) is 0 Å². The summed E-state index contributed by atoms with van der Waals surface area (Å²) in [5, 5.41) is 9.08. The second-order valence-corrected chi connectivity index (χ2v) is 5.08. The fraction of sp³-hybridized carbons (Fsp3) is 0.333. The molecule has 23 heavy (non-hydrogen) atoms. The average Bonchev–Trinajstić information content (AvgIpc) is 2.55. The van der Waals surface area contributed by atoms with E-state index in [1.54, 1.807) is 6.92 Å². The average molecular weight is 316 g/mol. The van der Waals surface area contributed by atoms with Gasteiger partial charge in [0.25, 0.3) is 0 Å². The molecule has 0 radical (unpaired) electrons. The lowest BCUT2D eigenvalue weighted by Gasteiger charge is -2.25. The van der Waals surface area contributed by atoms with Crippen LogP contribution in [0, 0.1) is 0 Å². The number of carbonyl (C=O) groups excluding carboxylic acids is 2. The summed E-state index contributed by atoms with van der Waals surface area (Å²) in [6.45, 7) is 4.01. The Morgan fingerprint density at radius 1 is 1.39 bits per heavy atom. The van der Waals surface area contributed by atoms with Crippen molar-refractivity contribution in [2.24, 2.45) is 10.2 Å². The molecule has 0 atom stereocenters. The molecule has 0 fully saturated rings. The van der Waals surface area contributed by atoms with Crippen LogP contribution in [0.15, 0.2) is 40.5 Å². The Morgan fingerprint density at radius 2 is 2.13 bits per heavy atom. The topological polar surface area (TPSA) is 98.2 Å². The van der Waals surface area contributed by atoms with Crippen LogP contribution in [0.5, 0.6) is 0 Å². The summed E-state index contributed by atoms with van der Waals surface area (Å²) < 4.78 is 0. The first-order valence-corrected chi connectivity index (χ1v) is 7.39. The molecule has 0 saturated carbocycles. The maximum absolute atomic E-state index is 11.9. The van der Waals surface area contributed by atoms with Gasteiger partial charge in [-0.1, -0.05) is 43.7 Å². The fourth-order valence-corrected chi connectivity index (χ4v) is 2.03. The Bertz CT molecular complexity index is 626. The van der Waals surface area contributed by atoms with Crippen LogP contribution in [-0.2, 0) is 0 Å². The second-order valence-electron chi connectivity index (χ2n) is 5.08. The number of carbonyl (C=O) groups is 2. The van der Waals surface area contributed by atoms with E-state index in [0.29, 0.717) is 5.71 Å². The van der Waals surface area contributed by atoms with Gasteiger partial charge in [0.1, 0.15) is 0 Å². The number of hydrazine groups is 1. The van der Waals surface area contributed by atoms with Crippen molar-refractivity contribution in [1.82, 2.24) is 21.3 Å². The van der Waals surface area contributed by atoms with Crippen molar-refractivity contribution in [3.05, 3.63) is 35.9 Å². The SMILES string of the molecule is CCC/C(=N\NC(=O)NN1CC(C)=NNC1=O)c1ccccc1. The largest absolute Gasteiger partial charge is 0.356 e. The number of rotatable bonds is 5. The van der Waals surface area contributed by atoms with E-state index in [1.807, 2.05) is 37.3 Å². The minimum atomic E-state index is -0.584. The van der Waals surface area contributed by atoms with Gasteiger partial charge in [-0.15, -0.1) is 0 Å². The number of benzene rings is 1. The van der Waals surface area contributed by atoms with Crippen LogP contribution in [0.1, 0.15) is 32.3 Å². The molecule has 3 N–H and O–H groups in total. The van der Waals surface area contributed by atoms with Gasteiger partial charge in [0.15, 0.2) is 0 Å². The van der Waals surface area contributed by atoms with Crippen molar-refractivity contribution < 1.29 is 9.59 Å². The summed E-state index contributed by atoms with van der Waals surface area (Å²) in [5.41, 5.74) is 9.57. The normalized spacial score (nSPS) is 14.9. The zero-order chi connectivity index (χ0) is 16.7. The Labute approximate surface area is 134 Å². The zero-order valence-corrected chi connectivity index (χ0v) is 13.2. The van der Waals surface area contributed by atoms with Crippen LogP contribution in [0.2, 0.25) is 0 Å². The Balaban J connectivity index is 1.98. The monoisotopic (exact) mass is 316 g/mol. The first-order chi connectivity index (χ1) is 11.1. The second kappa shape index (κ2) is 7.92. The highest BCUT2D eigenvalue weighted by atomic mass is 16.2. The van der Waals surface area contributed by atoms with Crippen molar-refractivity contribution in [1.29, 1.82) is 0 Å². The molecule has 122 valence electrons. The van der Waals surface area contributed by atoms with E-state index in [2.05, 4.69) is 26.5 Å². The van der Waals surface area contributed by atoms with Crippen LogP contribution in [0.25, 0.3) is 0 Å². The molecule has 4 amide bonds. The molecular weight excluding hydrogens is 296 g/mol. The predicted molar refractivity (Wildman–Crippen MR) is 87.9 cm³/mol. The van der Waals surface area contributed by atoms with E-state index in [1.165, 1.54) is 0 Å². The number of amides is 4. The van der Waals surface area contributed by atoms with Crippen LogP contribution < -0.4 is 16.3 Å². The maximum Gasteiger partial charge on any atom is 0.356 e. The van der Waals surface area contributed by atoms with Crippen molar-refractivity contribution in [3.63, 3.8) is 0 Å². The summed E-state index contributed by atoms with van der Waals surface area (Å²) in [6.07, 6.45) is 1.64. The van der Waals surface area contributed by atoms with Gasteiger partial charge in [-0.3, -0.25) is 0 Å². The Hall–Kier alpha value is -2.90. The van der Waals surface area contributed by atoms with Gasteiger partial charge in [-0.05, 0) is 18.9 Å². The third-order valence-corrected chi connectivity index (χ3v) is 3.10. The fourth-order valence-electron chi connectivity index (χ4n) is 2.03. The Kier molecular flexibility index (Phi) is 5.67. The molecule has 1 aromatic carbocycles. The van der Waals surface area contributed by atoms with E-state index in [-0.39, 0.29) is 6.54 Å². The molecule has 0 spiro atoms. The maximum atomic E-state index is 11.9. The smallest absolute Gasteiger partial charge is 0.245 e. The van der Waals surface area contributed by atoms with Gasteiger partial charge in [0.05, 0.1) is 18.0 Å². The summed E-state index contributed by atoms with van der Waals surface area (Å²) in [4.78, 5) is 23.5. The van der Waals surface area contributed by atoms with Crippen molar-refractivity contribution in [3.8, 4) is 0 Å². The molecule has 2 rings (SSSR count). The number of hydrogen-bond acceptors (Lipinski definition) is 4. The molecule has 1 aromatic rings. The highest BCUT2D eigenvalue weighted by Gasteiger charge is 2.20. The van der Waals surface area contributed by atoms with Gasteiger partial charge < -0.3 is 0 Å². The summed E-state index contributed by atoms with van der Waals surface area (Å²) in [6, 6.07) is 8.55. The number of nitrogens with one attached hydrogen (secondary N) is 3. The summed E-state index contributed by atoms with van der Waals surface area (Å²) >= 11 is 0. The lowest BCUT2D eigenvalue weighted by Crippen LogP contribution is -2.56. The van der Waals surface area contributed by atoms with Crippen molar-refractivity contribution >= 4 is 23.5 Å². The highest BCUT2D eigenvalue weighted by molar-refractivity contribution is 6.01.